The molecule has 0 aromatic carbocycles. The molecule has 5 heteroatoms. The molecule has 17 heavy (non-hydrogen) atoms. The molecule has 0 radical (unpaired) electrons. The minimum atomic E-state index is -0.376. The van der Waals surface area contributed by atoms with Gasteiger partial charge in [-0.3, -0.25) is 4.79 Å². The van der Waals surface area contributed by atoms with Crippen LogP contribution in [0.2, 0.25) is 0 Å². The van der Waals surface area contributed by atoms with E-state index >= 15 is 0 Å². The van der Waals surface area contributed by atoms with Gasteiger partial charge in [0.2, 0.25) is 5.91 Å². The van der Waals surface area contributed by atoms with Crippen LogP contribution in [0.3, 0.4) is 0 Å². The zero-order chi connectivity index (χ0) is 13.1. The molecule has 4 nitrogen and oxygen atoms in total. The molecule has 0 rings (SSSR count). The van der Waals surface area contributed by atoms with E-state index < -0.39 is 0 Å². The molecule has 1 atom stereocenters. The van der Waals surface area contributed by atoms with Crippen LogP contribution >= 0.6 is 11.8 Å². The molecule has 0 bridgehead atoms. The second-order valence-corrected chi connectivity index (χ2v) is 5.49. The third-order valence-electron chi connectivity index (χ3n) is 2.19. The normalized spacial score (nSPS) is 12.8. The number of amides is 1. The summed E-state index contributed by atoms with van der Waals surface area (Å²) in [7, 11) is 0. The summed E-state index contributed by atoms with van der Waals surface area (Å²) >= 11 is 1.70. The standard InChI is InChI=1S/C12H26N2O2S/c1-10(2)9-16-7-4-6-14-12(15)11(13)5-8-17-3/h10-11H,4-9,13H2,1-3H3,(H,14,15)/t11-/m0/s1. The van der Waals surface area contributed by atoms with E-state index in [1.165, 1.54) is 0 Å². The Kier molecular flexibility index (Phi) is 10.7. The van der Waals surface area contributed by atoms with Crippen molar-refractivity contribution in [2.45, 2.75) is 32.7 Å². The Morgan fingerprint density at radius 1 is 1.47 bits per heavy atom. The predicted octanol–water partition coefficient (Wildman–Crippen LogP) is 1.25. The highest BCUT2D eigenvalue weighted by molar-refractivity contribution is 7.98. The van der Waals surface area contributed by atoms with E-state index in [2.05, 4.69) is 19.2 Å². The smallest absolute Gasteiger partial charge is 0.236 e. The lowest BCUT2D eigenvalue weighted by molar-refractivity contribution is -0.122. The van der Waals surface area contributed by atoms with E-state index in [1.54, 1.807) is 11.8 Å². The van der Waals surface area contributed by atoms with E-state index in [0.29, 0.717) is 19.1 Å². The summed E-state index contributed by atoms with van der Waals surface area (Å²) in [6.45, 7) is 6.35. The van der Waals surface area contributed by atoms with Crippen molar-refractivity contribution < 1.29 is 9.53 Å². The van der Waals surface area contributed by atoms with E-state index in [4.69, 9.17) is 10.5 Å². The largest absolute Gasteiger partial charge is 0.381 e. The average molecular weight is 262 g/mol. The predicted molar refractivity (Wildman–Crippen MR) is 74.3 cm³/mol. The molecule has 0 spiro atoms. The van der Waals surface area contributed by atoms with E-state index in [9.17, 15) is 4.79 Å². The molecule has 0 fully saturated rings. The lowest BCUT2D eigenvalue weighted by atomic mass is 10.2. The van der Waals surface area contributed by atoms with Crippen molar-refractivity contribution in [3.05, 3.63) is 0 Å². The van der Waals surface area contributed by atoms with Crippen LogP contribution in [0.4, 0.5) is 0 Å². The van der Waals surface area contributed by atoms with Crippen molar-refractivity contribution in [1.29, 1.82) is 0 Å². The third kappa shape index (κ3) is 10.6. The number of rotatable bonds is 10. The zero-order valence-corrected chi connectivity index (χ0v) is 12.0. The van der Waals surface area contributed by atoms with Gasteiger partial charge >= 0.3 is 0 Å². The Morgan fingerprint density at radius 2 is 2.18 bits per heavy atom. The summed E-state index contributed by atoms with van der Waals surface area (Å²) in [5.41, 5.74) is 5.73. The number of hydrogen-bond acceptors (Lipinski definition) is 4. The number of hydrogen-bond donors (Lipinski definition) is 2. The Labute approximate surface area is 109 Å². The highest BCUT2D eigenvalue weighted by Crippen LogP contribution is 1.98. The molecule has 0 saturated heterocycles. The average Bonchev–Trinajstić information content (AvgIpc) is 2.29. The van der Waals surface area contributed by atoms with Crippen LogP contribution in [0.15, 0.2) is 0 Å². The fraction of sp³-hybridized carbons (Fsp3) is 0.917. The van der Waals surface area contributed by atoms with Crippen LogP contribution in [-0.2, 0) is 9.53 Å². The van der Waals surface area contributed by atoms with Crippen LogP contribution in [0.5, 0.6) is 0 Å². The van der Waals surface area contributed by atoms with Gasteiger partial charge in [-0.2, -0.15) is 11.8 Å². The van der Waals surface area contributed by atoms with Gasteiger partial charge in [0.1, 0.15) is 0 Å². The van der Waals surface area contributed by atoms with Gasteiger partial charge in [0.05, 0.1) is 6.04 Å². The van der Waals surface area contributed by atoms with Crippen LogP contribution < -0.4 is 11.1 Å². The van der Waals surface area contributed by atoms with Crippen LogP contribution in [-0.4, -0.2) is 43.7 Å². The fourth-order valence-corrected chi connectivity index (χ4v) is 1.70. The first-order valence-electron chi connectivity index (χ1n) is 6.18. The molecular weight excluding hydrogens is 236 g/mol. The lowest BCUT2D eigenvalue weighted by Gasteiger charge is -2.12. The number of nitrogens with two attached hydrogens (primary N) is 1. The minimum absolute atomic E-state index is 0.0529. The van der Waals surface area contributed by atoms with Gasteiger partial charge in [-0.05, 0) is 30.8 Å². The second-order valence-electron chi connectivity index (χ2n) is 4.50. The molecule has 0 heterocycles. The summed E-state index contributed by atoms with van der Waals surface area (Å²) in [5, 5.41) is 2.83. The molecule has 3 N–H and O–H groups in total. The molecular formula is C12H26N2O2S. The van der Waals surface area contributed by atoms with Crippen LogP contribution in [0, 0.1) is 5.92 Å². The first-order chi connectivity index (χ1) is 8.07. The lowest BCUT2D eigenvalue weighted by Crippen LogP contribution is -2.41. The van der Waals surface area contributed by atoms with Crippen molar-refractivity contribution >= 4 is 17.7 Å². The Balaban J connectivity index is 3.38. The highest BCUT2D eigenvalue weighted by Gasteiger charge is 2.11. The highest BCUT2D eigenvalue weighted by atomic mass is 32.2. The number of thioether (sulfide) groups is 1. The Hall–Kier alpha value is -0.260. The number of nitrogens with one attached hydrogen (secondary N) is 1. The molecule has 0 aromatic heterocycles. The van der Waals surface area contributed by atoms with Crippen molar-refractivity contribution in [3.63, 3.8) is 0 Å². The van der Waals surface area contributed by atoms with E-state index in [-0.39, 0.29) is 11.9 Å². The molecule has 0 saturated carbocycles. The van der Waals surface area contributed by atoms with Gasteiger partial charge in [0, 0.05) is 19.8 Å². The maximum absolute atomic E-state index is 11.5. The maximum atomic E-state index is 11.5. The molecule has 0 aliphatic carbocycles. The zero-order valence-electron chi connectivity index (χ0n) is 11.2. The topological polar surface area (TPSA) is 64.4 Å². The van der Waals surface area contributed by atoms with Gasteiger partial charge < -0.3 is 15.8 Å². The summed E-state index contributed by atoms with van der Waals surface area (Å²) in [6.07, 6.45) is 3.58. The number of carbonyl (C=O) groups is 1. The molecule has 0 aromatic rings. The maximum Gasteiger partial charge on any atom is 0.236 e. The number of ether oxygens (including phenoxy) is 1. The van der Waals surface area contributed by atoms with Gasteiger partial charge in [0.25, 0.3) is 0 Å². The van der Waals surface area contributed by atoms with Gasteiger partial charge in [-0.25, -0.2) is 0 Å². The molecule has 1 amide bonds. The molecule has 0 unspecified atom stereocenters. The first-order valence-corrected chi connectivity index (χ1v) is 7.57. The molecule has 0 aliphatic rings. The van der Waals surface area contributed by atoms with Crippen molar-refractivity contribution in [2.24, 2.45) is 11.7 Å². The summed E-state index contributed by atoms with van der Waals surface area (Å²) < 4.78 is 5.42. The molecule has 0 aliphatic heterocycles. The van der Waals surface area contributed by atoms with Crippen molar-refractivity contribution in [2.75, 3.05) is 31.8 Å². The SMILES string of the molecule is CSCC[C@H](N)C(=O)NCCCOCC(C)C. The van der Waals surface area contributed by atoms with E-state index in [0.717, 1.165) is 25.2 Å². The monoisotopic (exact) mass is 262 g/mol. The second kappa shape index (κ2) is 10.9. The minimum Gasteiger partial charge on any atom is -0.381 e. The van der Waals surface area contributed by atoms with Gasteiger partial charge in [-0.15, -0.1) is 0 Å². The van der Waals surface area contributed by atoms with Gasteiger partial charge in [0.15, 0.2) is 0 Å². The van der Waals surface area contributed by atoms with Crippen LogP contribution in [0.25, 0.3) is 0 Å². The first kappa shape index (κ1) is 16.7. The quantitative estimate of drug-likeness (QED) is 0.582. The summed E-state index contributed by atoms with van der Waals surface area (Å²) in [6, 6.07) is -0.376. The van der Waals surface area contributed by atoms with Crippen molar-refractivity contribution in [3.8, 4) is 0 Å². The Bertz CT molecular complexity index is 201. The summed E-state index contributed by atoms with van der Waals surface area (Å²) in [4.78, 5) is 11.5. The van der Waals surface area contributed by atoms with Crippen LogP contribution in [0.1, 0.15) is 26.7 Å². The Morgan fingerprint density at radius 3 is 2.76 bits per heavy atom. The van der Waals surface area contributed by atoms with E-state index in [1.807, 2.05) is 6.26 Å². The fourth-order valence-electron chi connectivity index (χ4n) is 1.21. The molecule has 102 valence electrons. The summed E-state index contributed by atoms with van der Waals surface area (Å²) in [5.74, 6) is 1.43. The van der Waals surface area contributed by atoms with Gasteiger partial charge in [-0.1, -0.05) is 13.8 Å². The third-order valence-corrected chi connectivity index (χ3v) is 2.83. The number of carbonyl (C=O) groups excluding carboxylic acids is 1. The van der Waals surface area contributed by atoms with Crippen molar-refractivity contribution in [1.82, 2.24) is 5.32 Å².